The Morgan fingerprint density at radius 3 is 2.76 bits per heavy atom. The van der Waals surface area contributed by atoms with Gasteiger partial charge in [0.15, 0.2) is 5.69 Å². The fourth-order valence-corrected chi connectivity index (χ4v) is 3.31. The van der Waals surface area contributed by atoms with Crippen LogP contribution in [0.4, 0.5) is 5.69 Å². The van der Waals surface area contributed by atoms with E-state index in [4.69, 9.17) is 0 Å². The molecule has 1 aliphatic carbocycles. The molecule has 0 fully saturated rings. The third-order valence-corrected chi connectivity index (χ3v) is 4.38. The zero-order valence-electron chi connectivity index (χ0n) is 12.9. The molecule has 130 valence electrons. The number of rotatable bonds is 3. The van der Waals surface area contributed by atoms with E-state index in [1.165, 1.54) is 6.07 Å². The van der Waals surface area contributed by atoms with Crippen LogP contribution in [0.5, 0.6) is 0 Å². The van der Waals surface area contributed by atoms with E-state index in [9.17, 15) is 18.8 Å². The molecule has 1 N–H and O–H groups in total. The van der Waals surface area contributed by atoms with Crippen LogP contribution in [0.2, 0.25) is 0 Å². The zero-order chi connectivity index (χ0) is 17.8. The summed E-state index contributed by atoms with van der Waals surface area (Å²) in [6.07, 6.45) is 1.67. The van der Waals surface area contributed by atoms with Gasteiger partial charge in [-0.05, 0) is 27.9 Å². The lowest BCUT2D eigenvalue weighted by Gasteiger charge is -2.09. The minimum absolute atomic E-state index is 0.241. The van der Waals surface area contributed by atoms with Gasteiger partial charge < -0.3 is 10.4 Å². The average Bonchev–Trinajstić information content (AvgIpc) is 3.07. The first-order chi connectivity index (χ1) is 11.8. The van der Waals surface area contributed by atoms with Gasteiger partial charge in [0, 0.05) is 12.8 Å². The maximum Gasteiger partial charge on any atom is 0.303 e. The Morgan fingerprint density at radius 1 is 1.24 bits per heavy atom. The summed E-state index contributed by atoms with van der Waals surface area (Å²) >= 11 is 0. The highest BCUT2D eigenvalue weighted by Gasteiger charge is 2.39. The van der Waals surface area contributed by atoms with Crippen LogP contribution in [0.3, 0.4) is 0 Å². The van der Waals surface area contributed by atoms with Crippen molar-refractivity contribution in [1.29, 1.82) is 0 Å². The summed E-state index contributed by atoms with van der Waals surface area (Å²) in [5, 5.41) is 32.0. The molecule has 0 unspecified atom stereocenters. The summed E-state index contributed by atoms with van der Waals surface area (Å²) in [5.41, 5.74) is 1.86. The van der Waals surface area contributed by atoms with Gasteiger partial charge in [-0.3, -0.25) is 9.35 Å². The number of sulfonamides is 1. The quantitative estimate of drug-likeness (QED) is 0.476. The lowest BCUT2D eigenvalue weighted by Crippen LogP contribution is -2.41. The van der Waals surface area contributed by atoms with E-state index in [0.29, 0.717) is 45.4 Å². The summed E-state index contributed by atoms with van der Waals surface area (Å²) in [6, 6.07) is 6.24. The predicted octanol–water partition coefficient (Wildman–Crippen LogP) is -0.736. The third-order valence-electron chi connectivity index (χ3n) is 3.77. The van der Waals surface area contributed by atoms with Gasteiger partial charge >= 0.3 is 11.4 Å². The molecule has 0 saturated carbocycles. The summed E-state index contributed by atoms with van der Waals surface area (Å²) in [4.78, 5) is 1.99. The molecule has 1 aliphatic rings. The van der Waals surface area contributed by atoms with Crippen molar-refractivity contribution >= 4 is 15.7 Å². The average molecular weight is 364 g/mol. The standard InChI is InChI=1S/C13H12N6O5S/c1-25(22,23)16-8-3-2-4-9(7-8)17-14-12-10(18(17)20)5-6-11-13(12)15-24-19(11)21/h2-4,7,16H,5-6H2,1H3. The molecule has 1 aromatic carbocycles. The number of fused-ring (bicyclic) bond motifs is 3. The van der Waals surface area contributed by atoms with E-state index in [1.54, 1.807) is 18.2 Å². The first-order valence-corrected chi connectivity index (χ1v) is 9.11. The van der Waals surface area contributed by atoms with Crippen LogP contribution in [0, 0.1) is 10.4 Å². The molecule has 0 radical (unpaired) electrons. The van der Waals surface area contributed by atoms with E-state index in [2.05, 4.69) is 19.6 Å². The summed E-state index contributed by atoms with van der Waals surface area (Å²) < 4.78 is 29.6. The molecule has 0 aliphatic heterocycles. The number of nitrogens with one attached hydrogen (secondary N) is 1. The number of benzene rings is 1. The van der Waals surface area contributed by atoms with Crippen molar-refractivity contribution in [2.45, 2.75) is 12.8 Å². The van der Waals surface area contributed by atoms with E-state index < -0.39 is 10.0 Å². The number of hydrogen-bond acceptors (Lipinski definition) is 7. The maximum absolute atomic E-state index is 12.6. The first-order valence-electron chi connectivity index (χ1n) is 7.22. The predicted molar refractivity (Wildman–Crippen MR) is 82.9 cm³/mol. The number of nitrogens with zero attached hydrogens (tertiary/aromatic N) is 5. The van der Waals surface area contributed by atoms with Gasteiger partial charge in [0.2, 0.25) is 15.7 Å². The first kappa shape index (κ1) is 15.4. The van der Waals surface area contributed by atoms with Gasteiger partial charge in [-0.25, -0.2) is 8.42 Å². The molecule has 2 heterocycles. The summed E-state index contributed by atoms with van der Waals surface area (Å²) in [5.74, 6) is 0. The molecule has 4 rings (SSSR count). The minimum atomic E-state index is -3.45. The van der Waals surface area contributed by atoms with Gasteiger partial charge in [0.1, 0.15) is 5.69 Å². The monoisotopic (exact) mass is 364 g/mol. The molecule has 11 nitrogen and oxygen atoms in total. The van der Waals surface area contributed by atoms with Gasteiger partial charge in [-0.1, -0.05) is 6.07 Å². The van der Waals surface area contributed by atoms with E-state index in [1.807, 2.05) is 0 Å². The maximum atomic E-state index is 12.6. The molecule has 3 aromatic rings. The fraction of sp³-hybridized carbons (Fsp3) is 0.231. The van der Waals surface area contributed by atoms with Gasteiger partial charge in [0.05, 0.1) is 22.2 Å². The van der Waals surface area contributed by atoms with Crippen molar-refractivity contribution in [2.24, 2.45) is 0 Å². The van der Waals surface area contributed by atoms with Crippen molar-refractivity contribution in [1.82, 2.24) is 15.1 Å². The molecule has 0 bridgehead atoms. The lowest BCUT2D eigenvalue weighted by molar-refractivity contribution is -0.808. The minimum Gasteiger partial charge on any atom is -0.692 e. The molecule has 0 saturated heterocycles. The van der Waals surface area contributed by atoms with Crippen molar-refractivity contribution in [3.05, 3.63) is 46.1 Å². The van der Waals surface area contributed by atoms with Crippen LogP contribution < -0.4 is 14.5 Å². The van der Waals surface area contributed by atoms with Crippen LogP contribution >= 0.6 is 0 Å². The van der Waals surface area contributed by atoms with Crippen LogP contribution in [0.15, 0.2) is 28.9 Å². The van der Waals surface area contributed by atoms with Gasteiger partial charge in [-0.15, -0.1) is 4.85 Å². The van der Waals surface area contributed by atoms with Crippen molar-refractivity contribution in [3.63, 3.8) is 0 Å². The highest BCUT2D eigenvalue weighted by Crippen LogP contribution is 2.27. The molecule has 0 amide bonds. The highest BCUT2D eigenvalue weighted by molar-refractivity contribution is 7.92. The van der Waals surface area contributed by atoms with Crippen molar-refractivity contribution < 1.29 is 22.8 Å². The molecule has 2 aromatic heterocycles. The molecular weight excluding hydrogens is 352 g/mol. The van der Waals surface area contributed by atoms with Crippen LogP contribution in [-0.2, 0) is 22.9 Å². The van der Waals surface area contributed by atoms with Crippen LogP contribution in [-0.4, -0.2) is 29.7 Å². The topological polar surface area (TPSA) is 144 Å². The Bertz CT molecular complexity index is 1090. The molecule has 0 atom stereocenters. The Labute approximate surface area is 141 Å². The van der Waals surface area contributed by atoms with E-state index in [-0.39, 0.29) is 11.4 Å². The van der Waals surface area contributed by atoms with Crippen molar-refractivity contribution in [3.8, 4) is 17.1 Å². The molecule has 25 heavy (non-hydrogen) atoms. The second-order valence-electron chi connectivity index (χ2n) is 5.61. The Balaban J connectivity index is 1.81. The number of hydrogen-bond donors (Lipinski definition) is 1. The largest absolute Gasteiger partial charge is 0.692 e. The normalized spacial score (nSPS) is 13.3. The SMILES string of the molecule is CS(=O)(=O)Nc1cccc(-n2nc3c([n+]2[O-])CCc2c-3no[n+]2[O-])c1. The molecule has 12 heteroatoms. The van der Waals surface area contributed by atoms with Crippen molar-refractivity contribution in [2.75, 3.05) is 11.0 Å². The second-order valence-corrected chi connectivity index (χ2v) is 7.36. The van der Waals surface area contributed by atoms with Crippen LogP contribution in [0.1, 0.15) is 11.4 Å². The highest BCUT2D eigenvalue weighted by atomic mass is 32.2. The third kappa shape index (κ3) is 2.55. The zero-order valence-corrected chi connectivity index (χ0v) is 13.7. The Morgan fingerprint density at radius 2 is 2.00 bits per heavy atom. The van der Waals surface area contributed by atoms with E-state index in [0.717, 1.165) is 11.1 Å². The lowest BCUT2D eigenvalue weighted by atomic mass is 10.0. The molecular formula is C13H12N6O5S. The second kappa shape index (κ2) is 5.17. The summed E-state index contributed by atoms with van der Waals surface area (Å²) in [6.45, 7) is 0. The van der Waals surface area contributed by atoms with Crippen LogP contribution in [0.25, 0.3) is 17.1 Å². The summed E-state index contributed by atoms with van der Waals surface area (Å²) in [7, 11) is -3.45. The van der Waals surface area contributed by atoms with Gasteiger partial charge in [0.25, 0.3) is 0 Å². The Hall–Kier alpha value is -3.15. The number of aromatic nitrogens is 5. The number of anilines is 1. The fourth-order valence-electron chi connectivity index (χ4n) is 2.76. The Kier molecular flexibility index (Phi) is 3.18. The molecule has 0 spiro atoms. The smallest absolute Gasteiger partial charge is 0.303 e. The van der Waals surface area contributed by atoms with E-state index >= 15 is 0 Å². The van der Waals surface area contributed by atoms with Gasteiger partial charge in [-0.2, -0.15) is 0 Å².